The molecule has 1 aromatic rings. The van der Waals surface area contributed by atoms with Crippen molar-refractivity contribution in [3.05, 3.63) is 29.3 Å². The molecule has 0 saturated carbocycles. The first kappa shape index (κ1) is 18.4. The van der Waals surface area contributed by atoms with Gasteiger partial charge >= 0.3 is 0 Å². The predicted octanol–water partition coefficient (Wildman–Crippen LogP) is 1.59. The van der Waals surface area contributed by atoms with Crippen LogP contribution in [0.3, 0.4) is 0 Å². The lowest BCUT2D eigenvalue weighted by molar-refractivity contribution is 0.0786. The molecular weight excluding hydrogens is 338 g/mol. The first-order chi connectivity index (χ1) is 11.9. The van der Waals surface area contributed by atoms with Crippen molar-refractivity contribution in [1.29, 1.82) is 0 Å². The molecule has 6 nitrogen and oxygen atoms in total. The molecule has 1 atom stereocenters. The van der Waals surface area contributed by atoms with Gasteiger partial charge in [-0.1, -0.05) is 12.5 Å². The number of carbonyl (C=O) groups excluding carboxylic acids is 1. The molecular formula is C18H27N3O3S. The fourth-order valence-electron chi connectivity index (χ4n) is 3.63. The van der Waals surface area contributed by atoms with Gasteiger partial charge in [0.2, 0.25) is 10.0 Å². The number of amides is 1. The number of carbonyl (C=O) groups is 1. The third kappa shape index (κ3) is 3.73. The normalized spacial score (nSPS) is 22.3. The maximum Gasteiger partial charge on any atom is 0.254 e. The van der Waals surface area contributed by atoms with Crippen LogP contribution in [0.25, 0.3) is 0 Å². The van der Waals surface area contributed by atoms with Crippen molar-refractivity contribution in [3.63, 3.8) is 0 Å². The Hall–Kier alpha value is -1.44. The van der Waals surface area contributed by atoms with Crippen LogP contribution in [-0.4, -0.2) is 56.3 Å². The van der Waals surface area contributed by atoms with Crippen LogP contribution < -0.4 is 5.73 Å². The summed E-state index contributed by atoms with van der Waals surface area (Å²) in [7, 11) is -3.53. The van der Waals surface area contributed by atoms with E-state index in [4.69, 9.17) is 5.73 Å². The maximum atomic E-state index is 12.9. The van der Waals surface area contributed by atoms with Crippen LogP contribution in [0.15, 0.2) is 23.1 Å². The molecule has 3 rings (SSSR count). The van der Waals surface area contributed by atoms with E-state index >= 15 is 0 Å². The van der Waals surface area contributed by atoms with Gasteiger partial charge in [0.05, 0.1) is 4.90 Å². The van der Waals surface area contributed by atoms with Gasteiger partial charge in [-0.25, -0.2) is 8.42 Å². The number of sulfonamides is 1. The van der Waals surface area contributed by atoms with Gasteiger partial charge in [-0.05, 0) is 56.3 Å². The van der Waals surface area contributed by atoms with Gasteiger partial charge in [0.1, 0.15) is 0 Å². The highest BCUT2D eigenvalue weighted by atomic mass is 32.2. The number of hydrogen-bond donors (Lipinski definition) is 1. The van der Waals surface area contributed by atoms with Gasteiger partial charge in [-0.3, -0.25) is 4.79 Å². The summed E-state index contributed by atoms with van der Waals surface area (Å²) in [4.78, 5) is 14.9. The molecule has 0 spiro atoms. The summed E-state index contributed by atoms with van der Waals surface area (Å²) in [5.41, 5.74) is 6.99. The quantitative estimate of drug-likeness (QED) is 0.878. The van der Waals surface area contributed by atoms with E-state index in [1.54, 1.807) is 23.1 Å². The van der Waals surface area contributed by atoms with Crippen LogP contribution >= 0.6 is 0 Å². The number of nitrogens with two attached hydrogens (primary N) is 1. The summed E-state index contributed by atoms with van der Waals surface area (Å²) in [6.45, 7) is 4.88. The zero-order chi connectivity index (χ0) is 18.0. The number of hydrogen-bond acceptors (Lipinski definition) is 4. The minimum absolute atomic E-state index is 0.0934. The van der Waals surface area contributed by atoms with E-state index in [0.717, 1.165) is 31.2 Å². The Kier molecular flexibility index (Phi) is 5.46. The summed E-state index contributed by atoms with van der Waals surface area (Å²) < 4.78 is 27.3. The van der Waals surface area contributed by atoms with Crippen LogP contribution in [0.2, 0.25) is 0 Å². The average molecular weight is 365 g/mol. The monoisotopic (exact) mass is 365 g/mol. The van der Waals surface area contributed by atoms with Crippen molar-refractivity contribution in [3.8, 4) is 0 Å². The van der Waals surface area contributed by atoms with Gasteiger partial charge in [-0.15, -0.1) is 0 Å². The highest BCUT2D eigenvalue weighted by Gasteiger charge is 2.30. The first-order valence-corrected chi connectivity index (χ1v) is 10.5. The minimum atomic E-state index is -3.53. The van der Waals surface area contributed by atoms with E-state index < -0.39 is 10.0 Å². The van der Waals surface area contributed by atoms with Gasteiger partial charge in [-0.2, -0.15) is 4.31 Å². The largest absolute Gasteiger partial charge is 0.338 e. The van der Waals surface area contributed by atoms with Crippen LogP contribution in [0.4, 0.5) is 0 Å². The van der Waals surface area contributed by atoms with Crippen molar-refractivity contribution >= 4 is 15.9 Å². The van der Waals surface area contributed by atoms with Gasteiger partial charge in [0.15, 0.2) is 0 Å². The van der Waals surface area contributed by atoms with E-state index in [0.29, 0.717) is 44.2 Å². The van der Waals surface area contributed by atoms with E-state index in [9.17, 15) is 13.2 Å². The molecule has 138 valence electrons. The SMILES string of the molecule is Cc1ccc(S(=O)(=O)N2CCCCC2)cc1C(=O)N1CCC(CN)C1. The number of likely N-dealkylation sites (tertiary alicyclic amines) is 1. The third-order valence-electron chi connectivity index (χ3n) is 5.30. The molecule has 2 fully saturated rings. The Balaban J connectivity index is 1.86. The highest BCUT2D eigenvalue weighted by Crippen LogP contribution is 2.25. The van der Waals surface area contributed by atoms with E-state index in [-0.39, 0.29) is 10.8 Å². The number of aryl methyl sites for hydroxylation is 1. The molecule has 1 aromatic carbocycles. The molecule has 2 heterocycles. The van der Waals surface area contributed by atoms with Gasteiger partial charge < -0.3 is 10.6 Å². The van der Waals surface area contributed by atoms with Crippen molar-refractivity contribution < 1.29 is 13.2 Å². The molecule has 25 heavy (non-hydrogen) atoms. The van der Waals surface area contributed by atoms with Crippen molar-refractivity contribution in [2.45, 2.75) is 37.5 Å². The van der Waals surface area contributed by atoms with E-state index in [2.05, 4.69) is 0 Å². The van der Waals surface area contributed by atoms with Crippen LogP contribution in [0.1, 0.15) is 41.6 Å². The van der Waals surface area contributed by atoms with Crippen molar-refractivity contribution in [2.75, 3.05) is 32.7 Å². The number of benzene rings is 1. The van der Waals surface area contributed by atoms with Crippen molar-refractivity contribution in [1.82, 2.24) is 9.21 Å². The number of nitrogens with zero attached hydrogens (tertiary/aromatic N) is 2. The summed E-state index contributed by atoms with van der Waals surface area (Å²) in [5.74, 6) is 0.244. The maximum absolute atomic E-state index is 12.9. The Morgan fingerprint density at radius 1 is 1.20 bits per heavy atom. The molecule has 2 saturated heterocycles. The molecule has 2 aliphatic heterocycles. The van der Waals surface area contributed by atoms with Crippen LogP contribution in [-0.2, 0) is 10.0 Å². The molecule has 1 amide bonds. The standard InChI is InChI=1S/C18H27N3O3S/c1-14-5-6-16(25(23,24)21-8-3-2-4-9-21)11-17(14)18(22)20-10-7-15(12-19)13-20/h5-6,11,15H,2-4,7-10,12-13,19H2,1H3. The molecule has 2 aliphatic rings. The first-order valence-electron chi connectivity index (χ1n) is 9.03. The second kappa shape index (κ2) is 7.43. The summed E-state index contributed by atoms with van der Waals surface area (Å²) in [6.07, 6.45) is 3.77. The van der Waals surface area contributed by atoms with Gasteiger partial charge in [0, 0.05) is 31.7 Å². The topological polar surface area (TPSA) is 83.7 Å². The Morgan fingerprint density at radius 2 is 1.92 bits per heavy atom. The second-order valence-corrected chi connectivity index (χ2v) is 9.02. The summed E-state index contributed by atoms with van der Waals surface area (Å²) in [6, 6.07) is 4.90. The summed E-state index contributed by atoms with van der Waals surface area (Å²) >= 11 is 0. The number of piperidine rings is 1. The van der Waals surface area contributed by atoms with Crippen molar-refractivity contribution in [2.24, 2.45) is 11.7 Å². The molecule has 2 N–H and O–H groups in total. The molecule has 0 aliphatic carbocycles. The third-order valence-corrected chi connectivity index (χ3v) is 7.19. The number of rotatable bonds is 4. The van der Waals surface area contributed by atoms with E-state index in [1.165, 1.54) is 4.31 Å². The Bertz CT molecular complexity index is 742. The van der Waals surface area contributed by atoms with Gasteiger partial charge in [0.25, 0.3) is 5.91 Å². The molecule has 0 radical (unpaired) electrons. The molecule has 7 heteroatoms. The average Bonchev–Trinajstić information content (AvgIpc) is 3.11. The fourth-order valence-corrected chi connectivity index (χ4v) is 5.17. The molecule has 0 aromatic heterocycles. The Morgan fingerprint density at radius 3 is 2.56 bits per heavy atom. The zero-order valence-corrected chi connectivity index (χ0v) is 15.6. The predicted molar refractivity (Wildman–Crippen MR) is 96.9 cm³/mol. The lowest BCUT2D eigenvalue weighted by atomic mass is 10.1. The molecule has 0 bridgehead atoms. The smallest absolute Gasteiger partial charge is 0.254 e. The Labute approximate surface area is 150 Å². The fraction of sp³-hybridized carbons (Fsp3) is 0.611. The van der Waals surface area contributed by atoms with Crippen LogP contribution in [0, 0.1) is 12.8 Å². The molecule has 1 unspecified atom stereocenters. The lowest BCUT2D eigenvalue weighted by Crippen LogP contribution is -2.36. The lowest BCUT2D eigenvalue weighted by Gasteiger charge is -2.26. The zero-order valence-electron chi connectivity index (χ0n) is 14.8. The highest BCUT2D eigenvalue weighted by molar-refractivity contribution is 7.89. The van der Waals surface area contributed by atoms with Crippen LogP contribution in [0.5, 0.6) is 0 Å². The second-order valence-electron chi connectivity index (χ2n) is 7.08. The summed E-state index contributed by atoms with van der Waals surface area (Å²) in [5, 5.41) is 0. The minimum Gasteiger partial charge on any atom is -0.338 e. The van der Waals surface area contributed by atoms with E-state index in [1.807, 2.05) is 6.92 Å².